The third-order valence-corrected chi connectivity index (χ3v) is 2.64. The van der Waals surface area contributed by atoms with Gasteiger partial charge < -0.3 is 5.11 Å². The van der Waals surface area contributed by atoms with E-state index >= 15 is 0 Å². The van der Waals surface area contributed by atoms with Crippen LogP contribution in [0.15, 0.2) is 41.2 Å². The second-order valence-corrected chi connectivity index (χ2v) is 4.09. The van der Waals surface area contributed by atoms with Gasteiger partial charge in [0.25, 0.3) is 5.56 Å². The summed E-state index contributed by atoms with van der Waals surface area (Å²) in [6, 6.07) is 10.7. The highest BCUT2D eigenvalue weighted by Gasteiger charge is 2.03. The maximum Gasteiger partial charge on any atom is 0.267 e. The average molecular weight is 254 g/mol. The van der Waals surface area contributed by atoms with Gasteiger partial charge >= 0.3 is 0 Å². The molecule has 19 heavy (non-hydrogen) atoms. The highest BCUT2D eigenvalue weighted by molar-refractivity contribution is 5.41. The fourth-order valence-corrected chi connectivity index (χ4v) is 1.74. The lowest BCUT2D eigenvalue weighted by molar-refractivity contribution is 0.350. The van der Waals surface area contributed by atoms with Crippen molar-refractivity contribution in [3.8, 4) is 11.8 Å². The molecule has 1 aromatic carbocycles. The van der Waals surface area contributed by atoms with Gasteiger partial charge in [0.05, 0.1) is 12.2 Å². The van der Waals surface area contributed by atoms with Crippen molar-refractivity contribution < 1.29 is 5.11 Å². The zero-order chi connectivity index (χ0) is 13.7. The summed E-state index contributed by atoms with van der Waals surface area (Å²) in [5.41, 5.74) is 2.35. The van der Waals surface area contributed by atoms with Gasteiger partial charge in [-0.3, -0.25) is 4.79 Å². The summed E-state index contributed by atoms with van der Waals surface area (Å²) in [6.45, 7) is 2.03. The third kappa shape index (κ3) is 3.30. The van der Waals surface area contributed by atoms with Gasteiger partial charge in [-0.15, -0.1) is 0 Å². The van der Waals surface area contributed by atoms with Crippen molar-refractivity contribution in [1.29, 1.82) is 0 Å². The van der Waals surface area contributed by atoms with Crippen LogP contribution in [-0.2, 0) is 6.54 Å². The molecule has 96 valence electrons. The molecule has 4 heteroatoms. The number of nitrogens with zero attached hydrogens (tertiary/aromatic N) is 2. The van der Waals surface area contributed by atoms with Crippen LogP contribution in [0.25, 0.3) is 0 Å². The summed E-state index contributed by atoms with van der Waals surface area (Å²) in [5, 5.41) is 12.9. The molecule has 1 N–H and O–H groups in total. The second-order valence-electron chi connectivity index (χ2n) is 4.09. The molecule has 4 nitrogen and oxygen atoms in total. The first-order chi connectivity index (χ1) is 9.20. The second kappa shape index (κ2) is 5.98. The molecule has 1 heterocycles. The Labute approximate surface area is 111 Å². The standard InChI is InChI=1S/C15H14N2O2/c1-12-8-9-15(19)17(16-12)11-14-6-3-2-5-13(14)7-4-10-18/h2-3,5-6,8-9,18H,10-11H2,1H3. The molecule has 0 saturated carbocycles. The summed E-state index contributed by atoms with van der Waals surface area (Å²) in [5.74, 6) is 5.49. The van der Waals surface area contributed by atoms with Crippen LogP contribution in [-0.4, -0.2) is 21.5 Å². The zero-order valence-electron chi connectivity index (χ0n) is 10.6. The van der Waals surface area contributed by atoms with Gasteiger partial charge in [-0.25, -0.2) is 4.68 Å². The topological polar surface area (TPSA) is 55.1 Å². The Bertz CT molecular complexity index is 693. The van der Waals surface area contributed by atoms with Crippen LogP contribution < -0.4 is 5.56 Å². The molecule has 0 aliphatic carbocycles. The maximum atomic E-state index is 11.7. The van der Waals surface area contributed by atoms with Gasteiger partial charge in [-0.05, 0) is 24.6 Å². The molecule has 0 spiro atoms. The van der Waals surface area contributed by atoms with Crippen molar-refractivity contribution in [2.75, 3.05) is 6.61 Å². The Kier molecular flexibility index (Phi) is 4.11. The number of aryl methyl sites for hydroxylation is 1. The van der Waals surface area contributed by atoms with E-state index in [1.807, 2.05) is 31.2 Å². The maximum absolute atomic E-state index is 11.7. The number of aromatic nitrogens is 2. The molecule has 0 saturated heterocycles. The Morgan fingerprint density at radius 2 is 2.05 bits per heavy atom. The molecule has 2 aromatic rings. The largest absolute Gasteiger partial charge is 0.384 e. The van der Waals surface area contributed by atoms with E-state index in [4.69, 9.17) is 5.11 Å². The molecule has 2 rings (SSSR count). The fourth-order valence-electron chi connectivity index (χ4n) is 1.74. The number of aliphatic hydroxyl groups is 1. The van der Waals surface area contributed by atoms with Crippen LogP contribution in [0.4, 0.5) is 0 Å². The molecular weight excluding hydrogens is 240 g/mol. The van der Waals surface area contributed by atoms with Crippen LogP contribution in [0.2, 0.25) is 0 Å². The molecule has 0 unspecified atom stereocenters. The van der Waals surface area contributed by atoms with Crippen LogP contribution in [0.1, 0.15) is 16.8 Å². The molecule has 0 atom stereocenters. The zero-order valence-corrected chi connectivity index (χ0v) is 10.6. The smallest absolute Gasteiger partial charge is 0.267 e. The van der Waals surface area contributed by atoms with Crippen molar-refractivity contribution in [2.24, 2.45) is 0 Å². The van der Waals surface area contributed by atoms with Crippen molar-refractivity contribution in [1.82, 2.24) is 9.78 Å². The van der Waals surface area contributed by atoms with Crippen LogP contribution in [0.5, 0.6) is 0 Å². The van der Waals surface area contributed by atoms with E-state index in [-0.39, 0.29) is 12.2 Å². The quantitative estimate of drug-likeness (QED) is 0.812. The minimum absolute atomic E-state index is 0.143. The SMILES string of the molecule is Cc1ccc(=O)n(Cc2ccccc2C#CCO)n1. The van der Waals surface area contributed by atoms with E-state index in [0.717, 1.165) is 16.8 Å². The molecule has 0 amide bonds. The van der Waals surface area contributed by atoms with Crippen LogP contribution in [0.3, 0.4) is 0 Å². The lowest BCUT2D eigenvalue weighted by Crippen LogP contribution is -2.23. The number of hydrogen-bond acceptors (Lipinski definition) is 3. The summed E-state index contributed by atoms with van der Waals surface area (Å²) >= 11 is 0. The van der Waals surface area contributed by atoms with E-state index in [1.165, 1.54) is 10.7 Å². The first-order valence-corrected chi connectivity index (χ1v) is 5.93. The Hall–Kier alpha value is -2.38. The van der Waals surface area contributed by atoms with E-state index in [1.54, 1.807) is 6.07 Å². The molecule has 1 aromatic heterocycles. The molecule has 0 radical (unpaired) electrons. The minimum Gasteiger partial charge on any atom is -0.384 e. The van der Waals surface area contributed by atoms with Gasteiger partial charge in [0.2, 0.25) is 0 Å². The highest BCUT2D eigenvalue weighted by Crippen LogP contribution is 2.08. The average Bonchev–Trinajstić information content (AvgIpc) is 2.42. The van der Waals surface area contributed by atoms with Crippen molar-refractivity contribution >= 4 is 0 Å². The Morgan fingerprint density at radius 3 is 2.84 bits per heavy atom. The molecule has 0 bridgehead atoms. The van der Waals surface area contributed by atoms with E-state index in [2.05, 4.69) is 16.9 Å². The van der Waals surface area contributed by atoms with Crippen molar-refractivity contribution in [3.63, 3.8) is 0 Å². The van der Waals surface area contributed by atoms with Gasteiger partial charge in [-0.1, -0.05) is 30.0 Å². The van der Waals surface area contributed by atoms with E-state index in [9.17, 15) is 4.79 Å². The molecule has 0 fully saturated rings. The monoisotopic (exact) mass is 254 g/mol. The van der Waals surface area contributed by atoms with Gasteiger partial charge in [0.15, 0.2) is 0 Å². The molecule has 0 aliphatic heterocycles. The normalized spacial score (nSPS) is 9.79. The summed E-state index contributed by atoms with van der Waals surface area (Å²) in [7, 11) is 0. The predicted molar refractivity (Wildman–Crippen MR) is 72.7 cm³/mol. The van der Waals surface area contributed by atoms with Crippen LogP contribution in [0, 0.1) is 18.8 Å². The fraction of sp³-hybridized carbons (Fsp3) is 0.200. The highest BCUT2D eigenvalue weighted by atomic mass is 16.2. The summed E-state index contributed by atoms with van der Waals surface area (Å²) in [6.07, 6.45) is 0. The van der Waals surface area contributed by atoms with E-state index in [0.29, 0.717) is 6.54 Å². The van der Waals surface area contributed by atoms with E-state index < -0.39 is 0 Å². The summed E-state index contributed by atoms with van der Waals surface area (Å²) < 4.78 is 1.41. The number of rotatable bonds is 2. The lowest BCUT2D eigenvalue weighted by atomic mass is 10.1. The van der Waals surface area contributed by atoms with Crippen LogP contribution >= 0.6 is 0 Å². The Morgan fingerprint density at radius 1 is 1.26 bits per heavy atom. The van der Waals surface area contributed by atoms with Crippen molar-refractivity contribution in [3.05, 3.63) is 63.6 Å². The predicted octanol–water partition coefficient (Wildman–Crippen LogP) is 0.944. The number of benzene rings is 1. The molecular formula is C15H14N2O2. The number of aliphatic hydroxyl groups excluding tert-OH is 1. The van der Waals surface area contributed by atoms with Gasteiger partial charge in [0.1, 0.15) is 6.61 Å². The minimum atomic E-state index is -0.184. The van der Waals surface area contributed by atoms with Gasteiger partial charge in [-0.2, -0.15) is 5.10 Å². The third-order valence-electron chi connectivity index (χ3n) is 2.64. The molecule has 0 aliphatic rings. The van der Waals surface area contributed by atoms with Gasteiger partial charge in [0, 0.05) is 11.6 Å². The van der Waals surface area contributed by atoms with Crippen molar-refractivity contribution in [2.45, 2.75) is 13.5 Å². The Balaban J connectivity index is 2.38. The first kappa shape index (κ1) is 13.1. The first-order valence-electron chi connectivity index (χ1n) is 5.93. The lowest BCUT2D eigenvalue weighted by Gasteiger charge is -2.07. The number of hydrogen-bond donors (Lipinski definition) is 1. The summed E-state index contributed by atoms with van der Waals surface area (Å²) in [4.78, 5) is 11.7.